The number of halogens is 6. The first kappa shape index (κ1) is 18.6. The molecule has 0 radical (unpaired) electrons. The Balaban J connectivity index is 2.94. The summed E-state index contributed by atoms with van der Waals surface area (Å²) in [5.41, 5.74) is -5.50. The number of nitrogens with zero attached hydrogens (tertiary/aromatic N) is 1. The van der Waals surface area contributed by atoms with E-state index in [1.807, 2.05) is 0 Å². The molecule has 1 fully saturated rings. The zero-order chi connectivity index (χ0) is 18.2. The topological polar surface area (TPSA) is 56.3 Å². The highest BCUT2D eigenvalue weighted by atomic mass is 35.5. The third-order valence-corrected chi connectivity index (χ3v) is 4.03. The quantitative estimate of drug-likeness (QED) is 0.445. The van der Waals surface area contributed by atoms with E-state index in [-0.39, 0.29) is 0 Å². The second kappa shape index (κ2) is 6.62. The molecular formula is C14H11ClF5NO3. The number of carbonyl (C=O) groups is 2. The van der Waals surface area contributed by atoms with E-state index < -0.39 is 57.8 Å². The highest BCUT2D eigenvalue weighted by molar-refractivity contribution is 6.68. The third kappa shape index (κ3) is 3.22. The minimum atomic E-state index is -5.18. The number of pyridine rings is 1. The normalized spacial score (nSPS) is 15.3. The van der Waals surface area contributed by atoms with E-state index in [2.05, 4.69) is 9.72 Å². The molecule has 0 bridgehead atoms. The Hall–Kier alpha value is -1.77. The van der Waals surface area contributed by atoms with Crippen LogP contribution in [0.15, 0.2) is 0 Å². The number of carbonyl (C=O) groups excluding carboxylic acids is 2. The van der Waals surface area contributed by atoms with Gasteiger partial charge < -0.3 is 4.74 Å². The van der Waals surface area contributed by atoms with Gasteiger partial charge in [-0.1, -0.05) is 6.42 Å². The molecule has 0 aromatic carbocycles. The smallest absolute Gasteiger partial charge is 0.434 e. The van der Waals surface area contributed by atoms with Crippen molar-refractivity contribution in [2.75, 3.05) is 7.11 Å². The Kier molecular flexibility index (Phi) is 5.12. The summed E-state index contributed by atoms with van der Waals surface area (Å²) >= 11 is 5.28. The third-order valence-electron chi connectivity index (χ3n) is 3.84. The van der Waals surface area contributed by atoms with Crippen molar-refractivity contribution in [2.24, 2.45) is 0 Å². The molecule has 0 aliphatic heterocycles. The first-order chi connectivity index (χ1) is 11.1. The molecular weight excluding hydrogens is 361 g/mol. The van der Waals surface area contributed by atoms with Crippen LogP contribution in [0, 0.1) is 0 Å². The number of methoxy groups -OCH3 is 1. The number of rotatable bonds is 4. The molecule has 1 heterocycles. The van der Waals surface area contributed by atoms with Crippen LogP contribution in [-0.2, 0) is 10.9 Å². The fourth-order valence-corrected chi connectivity index (χ4v) is 2.80. The van der Waals surface area contributed by atoms with Gasteiger partial charge in [0, 0.05) is 0 Å². The fraction of sp³-hybridized carbons (Fsp3) is 0.500. The maximum Gasteiger partial charge on any atom is 0.434 e. The van der Waals surface area contributed by atoms with Crippen molar-refractivity contribution in [1.82, 2.24) is 4.98 Å². The highest BCUT2D eigenvalue weighted by Crippen LogP contribution is 2.45. The first-order valence-electron chi connectivity index (χ1n) is 6.80. The number of esters is 1. The molecule has 2 rings (SSSR count). The average molecular weight is 372 g/mol. The number of hydrogen-bond acceptors (Lipinski definition) is 4. The van der Waals surface area contributed by atoms with Gasteiger partial charge in [0.15, 0.2) is 5.69 Å². The van der Waals surface area contributed by atoms with Gasteiger partial charge in [0.05, 0.1) is 18.2 Å². The number of alkyl halides is 5. The molecule has 24 heavy (non-hydrogen) atoms. The van der Waals surface area contributed by atoms with Crippen LogP contribution in [0.3, 0.4) is 0 Å². The maximum absolute atomic E-state index is 13.2. The number of aromatic nitrogens is 1. The van der Waals surface area contributed by atoms with Gasteiger partial charge >= 0.3 is 12.1 Å². The molecule has 0 saturated heterocycles. The van der Waals surface area contributed by atoms with E-state index in [0.29, 0.717) is 19.3 Å². The lowest BCUT2D eigenvalue weighted by molar-refractivity contribution is -0.141. The second-order valence-electron chi connectivity index (χ2n) is 5.20. The molecule has 1 aliphatic carbocycles. The van der Waals surface area contributed by atoms with Crippen LogP contribution >= 0.6 is 11.6 Å². The largest absolute Gasteiger partial charge is 0.465 e. The lowest BCUT2D eigenvalue weighted by atomic mass is 9.75. The summed E-state index contributed by atoms with van der Waals surface area (Å²) < 4.78 is 70.5. The summed E-state index contributed by atoms with van der Waals surface area (Å²) in [6.07, 6.45) is -7.35. The van der Waals surface area contributed by atoms with Gasteiger partial charge in [-0.05, 0) is 35.9 Å². The van der Waals surface area contributed by atoms with Crippen molar-refractivity contribution in [2.45, 2.75) is 37.8 Å². The molecule has 1 aliphatic rings. The second-order valence-corrected chi connectivity index (χ2v) is 5.54. The molecule has 0 atom stereocenters. The average Bonchev–Trinajstić information content (AvgIpc) is 2.41. The van der Waals surface area contributed by atoms with Crippen molar-refractivity contribution < 1.29 is 36.3 Å². The van der Waals surface area contributed by atoms with Gasteiger partial charge in [0.2, 0.25) is 0 Å². The van der Waals surface area contributed by atoms with E-state index in [9.17, 15) is 31.5 Å². The molecule has 0 N–H and O–H groups in total. The van der Waals surface area contributed by atoms with Gasteiger partial charge in [0.1, 0.15) is 5.69 Å². The van der Waals surface area contributed by atoms with Crippen LogP contribution in [0.2, 0.25) is 0 Å². The minimum Gasteiger partial charge on any atom is -0.465 e. The Labute approximate surface area is 137 Å². The summed E-state index contributed by atoms with van der Waals surface area (Å²) in [7, 11) is 0.891. The Morgan fingerprint density at radius 1 is 1.25 bits per heavy atom. The molecule has 0 spiro atoms. The molecule has 132 valence electrons. The van der Waals surface area contributed by atoms with Crippen LogP contribution < -0.4 is 0 Å². The minimum absolute atomic E-state index is 0.338. The zero-order valence-electron chi connectivity index (χ0n) is 12.2. The summed E-state index contributed by atoms with van der Waals surface area (Å²) in [4.78, 5) is 26.4. The molecule has 4 nitrogen and oxygen atoms in total. The summed E-state index contributed by atoms with van der Waals surface area (Å²) in [5, 5.41) is -1.51. The lowest BCUT2D eigenvalue weighted by Gasteiger charge is -2.30. The van der Waals surface area contributed by atoms with Crippen LogP contribution in [0.4, 0.5) is 22.0 Å². The van der Waals surface area contributed by atoms with Crippen LogP contribution in [0.1, 0.15) is 69.3 Å². The predicted octanol–water partition coefficient (Wildman–Crippen LogP) is 4.47. The monoisotopic (exact) mass is 371 g/mol. The van der Waals surface area contributed by atoms with E-state index in [1.165, 1.54) is 0 Å². The molecule has 1 saturated carbocycles. The highest BCUT2D eigenvalue weighted by Gasteiger charge is 2.44. The first-order valence-corrected chi connectivity index (χ1v) is 7.18. The lowest BCUT2D eigenvalue weighted by Crippen LogP contribution is -2.26. The number of hydrogen-bond donors (Lipinski definition) is 0. The SMILES string of the molecule is COC(=O)c1c(C(F)F)nc(C(F)(F)F)c(C(=O)Cl)c1C1CCC1. The fourth-order valence-electron chi connectivity index (χ4n) is 2.61. The van der Waals surface area contributed by atoms with E-state index in [4.69, 9.17) is 11.6 Å². The predicted molar refractivity (Wildman–Crippen MR) is 72.3 cm³/mol. The molecule has 10 heteroatoms. The molecule has 0 unspecified atom stereocenters. The Morgan fingerprint density at radius 2 is 1.83 bits per heavy atom. The van der Waals surface area contributed by atoms with Crippen LogP contribution in [0.25, 0.3) is 0 Å². The van der Waals surface area contributed by atoms with Gasteiger partial charge in [-0.25, -0.2) is 18.6 Å². The van der Waals surface area contributed by atoms with E-state index in [0.717, 1.165) is 7.11 Å². The van der Waals surface area contributed by atoms with Gasteiger partial charge in [-0.2, -0.15) is 13.2 Å². The van der Waals surface area contributed by atoms with Crippen molar-refractivity contribution in [3.63, 3.8) is 0 Å². The van der Waals surface area contributed by atoms with Crippen molar-refractivity contribution in [3.8, 4) is 0 Å². The van der Waals surface area contributed by atoms with E-state index in [1.54, 1.807) is 0 Å². The van der Waals surface area contributed by atoms with Gasteiger partial charge in [0.25, 0.3) is 11.7 Å². The van der Waals surface area contributed by atoms with Gasteiger partial charge in [-0.3, -0.25) is 4.79 Å². The molecule has 1 aromatic rings. The zero-order valence-corrected chi connectivity index (χ0v) is 13.0. The standard InChI is InChI=1S/C14H11ClF5NO3/c1-24-13(23)7-6(5-3-2-4-5)8(11(15)22)10(14(18,19)20)21-9(7)12(16)17/h5,12H,2-4H2,1H3. The van der Waals surface area contributed by atoms with Crippen molar-refractivity contribution >= 4 is 22.8 Å². The Bertz CT molecular complexity index is 686. The summed E-state index contributed by atoms with van der Waals surface area (Å²) in [6.45, 7) is 0. The maximum atomic E-state index is 13.2. The summed E-state index contributed by atoms with van der Waals surface area (Å²) in [5.74, 6) is -1.95. The summed E-state index contributed by atoms with van der Waals surface area (Å²) in [6, 6.07) is 0. The van der Waals surface area contributed by atoms with Crippen molar-refractivity contribution in [3.05, 3.63) is 28.1 Å². The van der Waals surface area contributed by atoms with Crippen LogP contribution in [-0.4, -0.2) is 23.3 Å². The Morgan fingerprint density at radius 3 is 2.17 bits per heavy atom. The van der Waals surface area contributed by atoms with Crippen molar-refractivity contribution in [1.29, 1.82) is 0 Å². The van der Waals surface area contributed by atoms with E-state index >= 15 is 0 Å². The molecule has 1 aromatic heterocycles. The van der Waals surface area contributed by atoms with Gasteiger partial charge in [-0.15, -0.1) is 0 Å². The van der Waals surface area contributed by atoms with Crippen LogP contribution in [0.5, 0.6) is 0 Å². The molecule has 0 amide bonds. The number of ether oxygens (including phenoxy) is 1.